The molecule has 0 aliphatic rings. The van der Waals surface area contributed by atoms with E-state index in [0.29, 0.717) is 0 Å². The first-order valence-electron chi connectivity index (χ1n) is 5.36. The lowest BCUT2D eigenvalue weighted by Crippen LogP contribution is -2.05. The van der Waals surface area contributed by atoms with Crippen molar-refractivity contribution < 1.29 is 14.7 Å². The summed E-state index contributed by atoms with van der Waals surface area (Å²) in [6, 6.07) is 3.49. The first-order chi connectivity index (χ1) is 7.82. The lowest BCUT2D eigenvalue weighted by Gasteiger charge is -2.06. The van der Waals surface area contributed by atoms with E-state index in [1.807, 2.05) is 0 Å². The van der Waals surface area contributed by atoms with Crippen molar-refractivity contribution in [2.24, 2.45) is 0 Å². The van der Waals surface area contributed by atoms with E-state index in [2.05, 4.69) is 0 Å². The number of carbonyl (C=O) groups is 2. The molecule has 0 aromatic heterocycles. The average Bonchev–Trinajstić information content (AvgIpc) is 2.21. The van der Waals surface area contributed by atoms with Gasteiger partial charge in [0.1, 0.15) is 5.75 Å². The largest absolute Gasteiger partial charge is 0.507 e. The van der Waals surface area contributed by atoms with Crippen molar-refractivity contribution in [1.82, 2.24) is 0 Å². The van der Waals surface area contributed by atoms with Crippen molar-refractivity contribution in [3.8, 4) is 5.75 Å². The number of rotatable bonds is 3. The van der Waals surface area contributed by atoms with Gasteiger partial charge in [0.25, 0.3) is 0 Å². The number of hydrogen-bond donors (Lipinski definition) is 1. The topological polar surface area (TPSA) is 54.4 Å². The van der Waals surface area contributed by atoms with Gasteiger partial charge in [-0.2, -0.15) is 0 Å². The van der Waals surface area contributed by atoms with Crippen LogP contribution < -0.4 is 0 Å². The van der Waals surface area contributed by atoms with Crippen LogP contribution in [0.5, 0.6) is 5.75 Å². The third-order valence-corrected chi connectivity index (χ3v) is 2.58. The summed E-state index contributed by atoms with van der Waals surface area (Å²) in [5, 5.41) is 9.63. The summed E-state index contributed by atoms with van der Waals surface area (Å²) in [6.45, 7) is 6.29. The first kappa shape index (κ1) is 13.2. The molecule has 0 unspecified atom stereocenters. The smallest absolute Gasteiger partial charge is 0.163 e. The number of phenolic OH excluding ortho intramolecular Hbond substituents is 1. The van der Waals surface area contributed by atoms with Gasteiger partial charge in [-0.25, -0.2) is 0 Å². The van der Waals surface area contributed by atoms with Gasteiger partial charge in [0.15, 0.2) is 11.6 Å². The molecule has 0 amide bonds. The summed E-state index contributed by atoms with van der Waals surface area (Å²) in [6.07, 6.45) is 1.56. The predicted octanol–water partition coefficient (Wildman–Crippen LogP) is 2.57. The Morgan fingerprint density at radius 3 is 1.82 bits per heavy atom. The van der Waals surface area contributed by atoms with Crippen LogP contribution in [0, 0.1) is 13.8 Å². The van der Waals surface area contributed by atoms with Crippen molar-refractivity contribution in [1.29, 1.82) is 0 Å². The van der Waals surface area contributed by atoms with E-state index in [-0.39, 0.29) is 22.9 Å². The maximum absolute atomic E-state index is 11.3. The van der Waals surface area contributed by atoms with E-state index in [1.54, 1.807) is 32.1 Å². The number of carbonyl (C=O) groups excluding carboxylic acids is 2. The highest BCUT2D eigenvalue weighted by molar-refractivity contribution is 6.21. The molecule has 1 aromatic carbocycles. The minimum absolute atomic E-state index is 0.175. The van der Waals surface area contributed by atoms with Crippen LogP contribution in [0.25, 0.3) is 6.08 Å². The molecule has 0 spiro atoms. The number of Topliss-reactive ketones (excluding diaryl/α,β-unsaturated/α-hetero) is 2. The van der Waals surface area contributed by atoms with Crippen LogP contribution in [0.3, 0.4) is 0 Å². The zero-order chi connectivity index (χ0) is 13.2. The highest BCUT2D eigenvalue weighted by Gasteiger charge is 2.10. The molecule has 1 aromatic rings. The Morgan fingerprint density at radius 2 is 1.47 bits per heavy atom. The molecule has 90 valence electrons. The third-order valence-electron chi connectivity index (χ3n) is 2.58. The predicted molar refractivity (Wildman–Crippen MR) is 66.9 cm³/mol. The molecule has 0 aliphatic carbocycles. The Hall–Kier alpha value is -1.90. The lowest BCUT2D eigenvalue weighted by molar-refractivity contribution is -0.119. The van der Waals surface area contributed by atoms with Crippen LogP contribution in [-0.2, 0) is 9.59 Å². The minimum Gasteiger partial charge on any atom is -0.507 e. The molecule has 0 fully saturated rings. The zero-order valence-electron chi connectivity index (χ0n) is 10.5. The molecule has 1 N–H and O–H groups in total. The molecule has 0 heterocycles. The van der Waals surface area contributed by atoms with E-state index >= 15 is 0 Å². The van der Waals surface area contributed by atoms with Crippen LogP contribution >= 0.6 is 0 Å². The van der Waals surface area contributed by atoms with Gasteiger partial charge in [0.2, 0.25) is 0 Å². The van der Waals surface area contributed by atoms with Crippen molar-refractivity contribution in [3.63, 3.8) is 0 Å². The van der Waals surface area contributed by atoms with Gasteiger partial charge in [-0.15, -0.1) is 0 Å². The number of allylic oxidation sites excluding steroid dienone is 1. The van der Waals surface area contributed by atoms with Gasteiger partial charge >= 0.3 is 0 Å². The summed E-state index contributed by atoms with van der Waals surface area (Å²) in [7, 11) is 0. The van der Waals surface area contributed by atoms with Crippen LogP contribution in [0.1, 0.15) is 30.5 Å². The summed E-state index contributed by atoms with van der Waals surface area (Å²) < 4.78 is 0. The number of phenols is 1. The number of hydrogen-bond acceptors (Lipinski definition) is 3. The number of aromatic hydroxyl groups is 1. The molecule has 0 atom stereocenters. The van der Waals surface area contributed by atoms with Crippen molar-refractivity contribution in [3.05, 3.63) is 34.4 Å². The van der Waals surface area contributed by atoms with E-state index in [1.165, 1.54) is 13.8 Å². The Bertz CT molecular complexity index is 471. The molecule has 1 rings (SSSR count). The van der Waals surface area contributed by atoms with Gasteiger partial charge in [-0.3, -0.25) is 9.59 Å². The van der Waals surface area contributed by atoms with E-state index < -0.39 is 0 Å². The fourth-order valence-electron chi connectivity index (χ4n) is 1.69. The highest BCUT2D eigenvalue weighted by atomic mass is 16.3. The summed E-state index contributed by atoms with van der Waals surface area (Å²) in [5.74, 6) is -0.254. The van der Waals surface area contributed by atoms with Crippen molar-refractivity contribution in [2.45, 2.75) is 27.7 Å². The summed E-state index contributed by atoms with van der Waals surface area (Å²) in [5.41, 5.74) is 2.37. The number of benzene rings is 1. The Kier molecular flexibility index (Phi) is 3.84. The maximum atomic E-state index is 11.3. The molecule has 0 radical (unpaired) electrons. The van der Waals surface area contributed by atoms with Gasteiger partial charge in [0, 0.05) is 0 Å². The van der Waals surface area contributed by atoms with E-state index in [0.717, 1.165) is 16.7 Å². The summed E-state index contributed by atoms with van der Waals surface area (Å²) in [4.78, 5) is 22.6. The van der Waals surface area contributed by atoms with Crippen LogP contribution in [0.4, 0.5) is 0 Å². The van der Waals surface area contributed by atoms with Crippen LogP contribution in [0.15, 0.2) is 17.7 Å². The Morgan fingerprint density at radius 1 is 1.06 bits per heavy atom. The van der Waals surface area contributed by atoms with Gasteiger partial charge in [0.05, 0.1) is 5.57 Å². The zero-order valence-corrected chi connectivity index (χ0v) is 10.5. The van der Waals surface area contributed by atoms with E-state index in [4.69, 9.17) is 0 Å². The molecule has 3 heteroatoms. The molecule has 0 aliphatic heterocycles. The molecule has 0 bridgehead atoms. The Labute approximate surface area is 101 Å². The average molecular weight is 232 g/mol. The molecule has 0 saturated carbocycles. The molecular formula is C14H16O3. The van der Waals surface area contributed by atoms with Gasteiger partial charge in [-0.05, 0) is 62.6 Å². The second-order valence-electron chi connectivity index (χ2n) is 4.17. The van der Waals surface area contributed by atoms with Gasteiger partial charge in [-0.1, -0.05) is 0 Å². The fourth-order valence-corrected chi connectivity index (χ4v) is 1.69. The SMILES string of the molecule is CC(=O)C(=Cc1cc(C)c(O)c(C)c1)C(C)=O. The first-order valence-corrected chi connectivity index (χ1v) is 5.36. The monoisotopic (exact) mass is 232 g/mol. The second-order valence-corrected chi connectivity index (χ2v) is 4.17. The van der Waals surface area contributed by atoms with Crippen molar-refractivity contribution >= 4 is 17.6 Å². The highest BCUT2D eigenvalue weighted by Crippen LogP contribution is 2.24. The van der Waals surface area contributed by atoms with Crippen LogP contribution in [0.2, 0.25) is 0 Å². The minimum atomic E-state index is -0.249. The molecule has 3 nitrogen and oxygen atoms in total. The fraction of sp³-hybridized carbons (Fsp3) is 0.286. The molecule has 0 saturated heterocycles. The number of ketones is 2. The molecule has 17 heavy (non-hydrogen) atoms. The maximum Gasteiger partial charge on any atom is 0.163 e. The Balaban J connectivity index is 3.30. The summed E-state index contributed by atoms with van der Waals surface area (Å²) >= 11 is 0. The molecular weight excluding hydrogens is 216 g/mol. The lowest BCUT2D eigenvalue weighted by atomic mass is 10.0. The standard InChI is InChI=1S/C14H16O3/c1-8-5-12(6-9(2)14(8)17)7-13(10(3)15)11(4)16/h5-7,17H,1-4H3. The third kappa shape index (κ3) is 3.03. The second kappa shape index (κ2) is 4.95. The van der Waals surface area contributed by atoms with Crippen molar-refractivity contribution in [2.75, 3.05) is 0 Å². The normalized spacial score (nSPS) is 9.88. The van der Waals surface area contributed by atoms with Gasteiger partial charge < -0.3 is 5.11 Å². The van der Waals surface area contributed by atoms with E-state index in [9.17, 15) is 14.7 Å². The number of aryl methyl sites for hydroxylation is 2. The van der Waals surface area contributed by atoms with Crippen LogP contribution in [-0.4, -0.2) is 16.7 Å². The quantitative estimate of drug-likeness (QED) is 0.495.